The van der Waals surface area contributed by atoms with Crippen LogP contribution < -0.4 is 5.32 Å². The zero-order chi connectivity index (χ0) is 9.97. The lowest BCUT2D eigenvalue weighted by Gasteiger charge is -2.21. The van der Waals surface area contributed by atoms with Gasteiger partial charge >= 0.3 is 0 Å². The van der Waals surface area contributed by atoms with E-state index in [1.54, 1.807) is 0 Å². The van der Waals surface area contributed by atoms with Crippen LogP contribution in [0.2, 0.25) is 0 Å². The predicted molar refractivity (Wildman–Crippen MR) is 57.5 cm³/mol. The molecule has 1 saturated heterocycles. The van der Waals surface area contributed by atoms with E-state index >= 15 is 0 Å². The molecule has 0 radical (unpaired) electrons. The summed E-state index contributed by atoms with van der Waals surface area (Å²) in [6.45, 7) is 1.82. The first kappa shape index (κ1) is 12.0. The number of halogens is 1. The predicted octanol–water partition coefficient (Wildman–Crippen LogP) is 0.777. The molecule has 0 amide bonds. The Kier molecular flexibility index (Phi) is 4.11. The molecule has 1 unspecified atom stereocenters. The van der Waals surface area contributed by atoms with Crippen LogP contribution in [0, 0.1) is 0 Å². The Bertz CT molecular complexity index is 309. The number of nitrogens with zero attached hydrogens (tertiary/aromatic N) is 2. The summed E-state index contributed by atoms with van der Waals surface area (Å²) >= 11 is 0. The maximum Gasteiger partial charge on any atom is 0.217 e. The minimum atomic E-state index is -0.168. The number of piperidine rings is 1. The van der Waals surface area contributed by atoms with Crippen LogP contribution in [0.25, 0.3) is 0 Å². The van der Waals surface area contributed by atoms with Crippen molar-refractivity contribution in [2.75, 3.05) is 13.1 Å². The van der Waals surface area contributed by atoms with E-state index in [0.29, 0.717) is 5.82 Å². The van der Waals surface area contributed by atoms with Gasteiger partial charge in [-0.25, -0.2) is 0 Å². The molecule has 5 nitrogen and oxygen atoms in total. The Morgan fingerprint density at radius 3 is 2.47 bits per heavy atom. The highest BCUT2D eigenvalue weighted by Crippen LogP contribution is 2.23. The first-order valence-electron chi connectivity index (χ1n) is 4.73. The summed E-state index contributed by atoms with van der Waals surface area (Å²) in [6.07, 6.45) is 2.07. The SMILES string of the molecule is Cl.Oc1cc(O)nc(C2CCCNC2)n1. The molecule has 1 aromatic heterocycles. The van der Waals surface area contributed by atoms with Gasteiger partial charge in [-0.05, 0) is 19.4 Å². The van der Waals surface area contributed by atoms with Gasteiger partial charge in [0.25, 0.3) is 0 Å². The topological polar surface area (TPSA) is 78.3 Å². The van der Waals surface area contributed by atoms with Crippen LogP contribution in [0.1, 0.15) is 24.6 Å². The van der Waals surface area contributed by atoms with Crippen LogP contribution in [-0.4, -0.2) is 33.3 Å². The third kappa shape index (κ3) is 2.94. The number of aromatic nitrogens is 2. The Morgan fingerprint density at radius 1 is 1.27 bits per heavy atom. The fourth-order valence-electron chi connectivity index (χ4n) is 1.69. The summed E-state index contributed by atoms with van der Waals surface area (Å²) in [5.74, 6) is 0.382. The first-order chi connectivity index (χ1) is 6.75. The summed E-state index contributed by atoms with van der Waals surface area (Å²) in [6, 6.07) is 1.14. The third-order valence-corrected chi connectivity index (χ3v) is 2.38. The van der Waals surface area contributed by atoms with Crippen LogP contribution in [0.3, 0.4) is 0 Å². The molecule has 1 atom stereocenters. The van der Waals surface area contributed by atoms with E-state index in [-0.39, 0.29) is 30.1 Å². The van der Waals surface area contributed by atoms with Gasteiger partial charge in [-0.3, -0.25) is 0 Å². The largest absolute Gasteiger partial charge is 0.493 e. The van der Waals surface area contributed by atoms with E-state index in [1.807, 2.05) is 0 Å². The lowest BCUT2D eigenvalue weighted by molar-refractivity contribution is 0.395. The minimum absolute atomic E-state index is 0. The molecule has 0 bridgehead atoms. The van der Waals surface area contributed by atoms with Crippen molar-refractivity contribution in [2.45, 2.75) is 18.8 Å². The zero-order valence-corrected chi connectivity index (χ0v) is 9.00. The lowest BCUT2D eigenvalue weighted by atomic mass is 9.99. The molecular formula is C9H14ClN3O2. The molecule has 0 aliphatic carbocycles. The zero-order valence-electron chi connectivity index (χ0n) is 8.18. The molecule has 0 spiro atoms. The number of hydrogen-bond acceptors (Lipinski definition) is 5. The van der Waals surface area contributed by atoms with Crippen LogP contribution >= 0.6 is 12.4 Å². The van der Waals surface area contributed by atoms with Gasteiger partial charge in [-0.1, -0.05) is 0 Å². The number of nitrogens with one attached hydrogen (secondary N) is 1. The Labute approximate surface area is 94.0 Å². The van der Waals surface area contributed by atoms with E-state index in [2.05, 4.69) is 15.3 Å². The van der Waals surface area contributed by atoms with E-state index in [9.17, 15) is 10.2 Å². The molecule has 3 N–H and O–H groups in total. The smallest absolute Gasteiger partial charge is 0.217 e. The van der Waals surface area contributed by atoms with Crippen LogP contribution in [-0.2, 0) is 0 Å². The average molecular weight is 232 g/mol. The maximum absolute atomic E-state index is 9.19. The molecule has 2 rings (SSSR count). The number of rotatable bonds is 1. The first-order valence-corrected chi connectivity index (χ1v) is 4.73. The lowest BCUT2D eigenvalue weighted by Crippen LogP contribution is -2.29. The average Bonchev–Trinajstić information content (AvgIpc) is 2.18. The number of aromatic hydroxyl groups is 2. The van der Waals surface area contributed by atoms with Crippen molar-refractivity contribution in [3.8, 4) is 11.8 Å². The Hall–Kier alpha value is -1.07. The van der Waals surface area contributed by atoms with Crippen molar-refractivity contribution in [1.82, 2.24) is 15.3 Å². The monoisotopic (exact) mass is 231 g/mol. The van der Waals surface area contributed by atoms with E-state index in [0.717, 1.165) is 32.0 Å². The second-order valence-corrected chi connectivity index (χ2v) is 3.49. The van der Waals surface area contributed by atoms with Crippen molar-refractivity contribution in [2.24, 2.45) is 0 Å². The molecule has 0 aromatic carbocycles. The highest BCUT2D eigenvalue weighted by Gasteiger charge is 2.18. The molecule has 15 heavy (non-hydrogen) atoms. The van der Waals surface area contributed by atoms with Gasteiger partial charge in [0.1, 0.15) is 5.82 Å². The van der Waals surface area contributed by atoms with Crippen molar-refractivity contribution >= 4 is 12.4 Å². The van der Waals surface area contributed by atoms with Gasteiger partial charge in [-0.15, -0.1) is 12.4 Å². The normalized spacial score (nSPS) is 20.7. The fraction of sp³-hybridized carbons (Fsp3) is 0.556. The quantitative estimate of drug-likeness (QED) is 0.666. The van der Waals surface area contributed by atoms with Gasteiger partial charge in [0.05, 0.1) is 6.07 Å². The summed E-state index contributed by atoms with van der Waals surface area (Å²) in [5.41, 5.74) is 0. The molecule has 1 aliphatic rings. The second-order valence-electron chi connectivity index (χ2n) is 3.49. The van der Waals surface area contributed by atoms with Gasteiger partial charge in [0, 0.05) is 12.5 Å². The van der Waals surface area contributed by atoms with Crippen molar-refractivity contribution in [3.63, 3.8) is 0 Å². The molecule has 1 aliphatic heterocycles. The summed E-state index contributed by atoms with van der Waals surface area (Å²) in [7, 11) is 0. The van der Waals surface area contributed by atoms with Crippen LogP contribution in [0.4, 0.5) is 0 Å². The van der Waals surface area contributed by atoms with Crippen molar-refractivity contribution in [3.05, 3.63) is 11.9 Å². The van der Waals surface area contributed by atoms with Gasteiger partial charge in [-0.2, -0.15) is 9.97 Å². The van der Waals surface area contributed by atoms with Gasteiger partial charge in [0.15, 0.2) is 0 Å². The molecule has 6 heteroatoms. The minimum Gasteiger partial charge on any atom is -0.493 e. The second kappa shape index (κ2) is 5.14. The Balaban J connectivity index is 0.00000112. The van der Waals surface area contributed by atoms with Gasteiger partial charge in [0.2, 0.25) is 11.8 Å². The van der Waals surface area contributed by atoms with E-state index in [4.69, 9.17) is 0 Å². The highest BCUT2D eigenvalue weighted by molar-refractivity contribution is 5.85. The molecule has 0 saturated carbocycles. The van der Waals surface area contributed by atoms with E-state index in [1.165, 1.54) is 0 Å². The van der Waals surface area contributed by atoms with E-state index < -0.39 is 0 Å². The Morgan fingerprint density at radius 2 is 1.93 bits per heavy atom. The van der Waals surface area contributed by atoms with Crippen molar-refractivity contribution < 1.29 is 10.2 Å². The molecule has 2 heterocycles. The molecule has 84 valence electrons. The maximum atomic E-state index is 9.19. The summed E-state index contributed by atoms with van der Waals surface area (Å²) in [5, 5.41) is 21.6. The van der Waals surface area contributed by atoms with Crippen LogP contribution in [0.5, 0.6) is 11.8 Å². The highest BCUT2D eigenvalue weighted by atomic mass is 35.5. The molecule has 1 fully saturated rings. The molecule has 1 aromatic rings. The van der Waals surface area contributed by atoms with Crippen molar-refractivity contribution in [1.29, 1.82) is 0 Å². The summed E-state index contributed by atoms with van der Waals surface area (Å²) < 4.78 is 0. The molecular weight excluding hydrogens is 218 g/mol. The third-order valence-electron chi connectivity index (χ3n) is 2.38. The van der Waals surface area contributed by atoms with Gasteiger partial charge < -0.3 is 15.5 Å². The summed E-state index contributed by atoms with van der Waals surface area (Å²) in [4.78, 5) is 7.80. The fourth-order valence-corrected chi connectivity index (χ4v) is 1.69. The standard InChI is InChI=1S/C9H13N3O2.ClH/c13-7-4-8(14)12-9(11-7)6-2-1-3-10-5-6;/h4,6,10H,1-3,5H2,(H2,11,12,13,14);1H. The van der Waals surface area contributed by atoms with Crippen LogP contribution in [0.15, 0.2) is 6.07 Å². The number of hydrogen-bond donors (Lipinski definition) is 3.